The lowest BCUT2D eigenvalue weighted by molar-refractivity contribution is -0.678. The summed E-state index contributed by atoms with van der Waals surface area (Å²) in [5.74, 6) is 0.307. The second kappa shape index (κ2) is 4.24. The lowest BCUT2D eigenvalue weighted by Gasteiger charge is -2.11. The fourth-order valence-electron chi connectivity index (χ4n) is 2.25. The van der Waals surface area contributed by atoms with Crippen molar-refractivity contribution in [2.75, 3.05) is 0 Å². The summed E-state index contributed by atoms with van der Waals surface area (Å²) in [5, 5.41) is 21.1. The van der Waals surface area contributed by atoms with Gasteiger partial charge >= 0.3 is 0 Å². The van der Waals surface area contributed by atoms with Gasteiger partial charge in [0.1, 0.15) is 7.05 Å². The lowest BCUT2D eigenvalue weighted by atomic mass is 9.97. The van der Waals surface area contributed by atoms with Crippen molar-refractivity contribution in [3.63, 3.8) is 0 Å². The predicted molar refractivity (Wildman–Crippen MR) is 67.2 cm³/mol. The number of aromatic nitrogens is 1. The minimum absolute atomic E-state index is 0.0346. The van der Waals surface area contributed by atoms with Crippen LogP contribution in [0.4, 0.5) is 0 Å². The average Bonchev–Trinajstić information content (AvgIpc) is 2.33. The average molecular weight is 232 g/mol. The van der Waals surface area contributed by atoms with Crippen molar-refractivity contribution in [2.24, 2.45) is 7.05 Å². The molecule has 2 N–H and O–H groups in total. The molecule has 1 atom stereocenters. The van der Waals surface area contributed by atoms with Gasteiger partial charge < -0.3 is 10.2 Å². The van der Waals surface area contributed by atoms with E-state index in [0.29, 0.717) is 11.3 Å². The lowest BCUT2D eigenvalue weighted by Crippen LogP contribution is -2.34. The molecule has 1 aromatic carbocycles. The molecule has 1 aromatic heterocycles. The molecule has 3 nitrogen and oxygen atoms in total. The molecule has 0 aliphatic heterocycles. The first-order valence-electron chi connectivity index (χ1n) is 5.89. The van der Waals surface area contributed by atoms with Gasteiger partial charge in [-0.25, -0.2) is 4.57 Å². The number of nitrogens with zero attached hydrogens (tertiary/aromatic N) is 1. The van der Waals surface area contributed by atoms with E-state index in [2.05, 4.69) is 18.4 Å². The number of hydrogen-bond donors (Lipinski definition) is 2. The zero-order chi connectivity index (χ0) is 12.6. The van der Waals surface area contributed by atoms with Crippen molar-refractivity contribution >= 4 is 10.8 Å². The second-order valence-electron chi connectivity index (χ2n) is 4.52. The highest BCUT2D eigenvalue weighted by Gasteiger charge is 2.20. The van der Waals surface area contributed by atoms with Crippen molar-refractivity contribution < 1.29 is 14.8 Å². The topological polar surface area (TPSA) is 44.3 Å². The van der Waals surface area contributed by atoms with Crippen LogP contribution in [0.25, 0.3) is 10.8 Å². The van der Waals surface area contributed by atoms with E-state index in [0.717, 1.165) is 11.8 Å². The standard InChI is InChI=1S/C14H17NO2/c1-4-9(2)13-10-5-6-12(16)14(17)11(10)7-8-15(13)3/h5-9,17H,4H2,1-3H3/p+1. The van der Waals surface area contributed by atoms with E-state index in [1.54, 1.807) is 6.07 Å². The largest absolute Gasteiger partial charge is 0.504 e. The molecular formula is C14H18NO2+. The first-order chi connectivity index (χ1) is 8.06. The Hall–Kier alpha value is -1.77. The van der Waals surface area contributed by atoms with Crippen LogP contribution in [0.5, 0.6) is 11.5 Å². The highest BCUT2D eigenvalue weighted by molar-refractivity contribution is 5.91. The fourth-order valence-corrected chi connectivity index (χ4v) is 2.25. The molecule has 17 heavy (non-hydrogen) atoms. The summed E-state index contributed by atoms with van der Waals surface area (Å²) in [7, 11) is 2.00. The molecule has 2 rings (SSSR count). The molecule has 3 heteroatoms. The van der Waals surface area contributed by atoms with Crippen LogP contribution >= 0.6 is 0 Å². The maximum absolute atomic E-state index is 9.87. The molecule has 2 aromatic rings. The maximum atomic E-state index is 9.87. The molecule has 0 amide bonds. The summed E-state index contributed by atoms with van der Waals surface area (Å²) in [6.07, 6.45) is 2.96. The number of hydrogen-bond acceptors (Lipinski definition) is 2. The molecule has 0 saturated heterocycles. The highest BCUT2D eigenvalue weighted by atomic mass is 16.3. The van der Waals surface area contributed by atoms with Crippen LogP contribution < -0.4 is 4.57 Å². The van der Waals surface area contributed by atoms with Crippen LogP contribution in [0.3, 0.4) is 0 Å². The van der Waals surface area contributed by atoms with Crippen LogP contribution in [0.2, 0.25) is 0 Å². The van der Waals surface area contributed by atoms with Crippen LogP contribution in [0, 0.1) is 0 Å². The number of rotatable bonds is 2. The third-order valence-corrected chi connectivity index (χ3v) is 3.40. The molecule has 90 valence electrons. The molecule has 1 heterocycles. The molecule has 0 spiro atoms. The van der Waals surface area contributed by atoms with Gasteiger partial charge in [0, 0.05) is 17.4 Å². The van der Waals surface area contributed by atoms with Gasteiger partial charge in [0.2, 0.25) is 0 Å². The summed E-state index contributed by atoms with van der Waals surface area (Å²) in [6, 6.07) is 5.24. The van der Waals surface area contributed by atoms with E-state index in [1.165, 1.54) is 5.69 Å². The van der Waals surface area contributed by atoms with E-state index in [-0.39, 0.29) is 11.5 Å². The maximum Gasteiger partial charge on any atom is 0.191 e. The highest BCUT2D eigenvalue weighted by Crippen LogP contribution is 2.35. The summed E-state index contributed by atoms with van der Waals surface area (Å²) in [5.41, 5.74) is 1.18. The van der Waals surface area contributed by atoms with Gasteiger partial charge in [-0.05, 0) is 18.6 Å². The van der Waals surface area contributed by atoms with Crippen LogP contribution in [-0.4, -0.2) is 10.2 Å². The molecule has 0 aliphatic rings. The van der Waals surface area contributed by atoms with E-state index >= 15 is 0 Å². The van der Waals surface area contributed by atoms with Gasteiger partial charge in [-0.3, -0.25) is 0 Å². The Kier molecular flexibility index (Phi) is 2.92. The Morgan fingerprint density at radius 3 is 2.53 bits per heavy atom. The van der Waals surface area contributed by atoms with Crippen molar-refractivity contribution in [3.8, 4) is 11.5 Å². The second-order valence-corrected chi connectivity index (χ2v) is 4.52. The number of phenolic OH excluding ortho intramolecular Hbond substituents is 2. The number of aryl methyl sites for hydroxylation is 1. The molecule has 0 aliphatic carbocycles. The number of aromatic hydroxyl groups is 2. The van der Waals surface area contributed by atoms with Crippen LogP contribution in [0.15, 0.2) is 24.4 Å². The van der Waals surface area contributed by atoms with Crippen molar-refractivity contribution in [1.29, 1.82) is 0 Å². The summed E-state index contributed by atoms with van der Waals surface area (Å²) >= 11 is 0. The van der Waals surface area contributed by atoms with Crippen LogP contribution in [-0.2, 0) is 7.05 Å². The van der Waals surface area contributed by atoms with E-state index in [9.17, 15) is 10.2 Å². The summed E-state index contributed by atoms with van der Waals surface area (Å²) in [4.78, 5) is 0. The number of pyridine rings is 1. The number of phenols is 2. The molecule has 0 radical (unpaired) electrons. The van der Waals surface area contributed by atoms with Gasteiger partial charge in [-0.1, -0.05) is 13.8 Å². The number of benzene rings is 1. The third-order valence-electron chi connectivity index (χ3n) is 3.40. The zero-order valence-corrected chi connectivity index (χ0v) is 10.4. The molecule has 0 saturated carbocycles. The third kappa shape index (κ3) is 1.82. The fraction of sp³-hybridized carbons (Fsp3) is 0.357. The van der Waals surface area contributed by atoms with Gasteiger partial charge in [-0.2, -0.15) is 0 Å². The smallest absolute Gasteiger partial charge is 0.191 e. The SMILES string of the molecule is CCC(C)c1c2ccc(O)c(O)c2cc[n+]1C. The monoisotopic (exact) mass is 232 g/mol. The van der Waals surface area contributed by atoms with Crippen LogP contribution in [0.1, 0.15) is 31.9 Å². The minimum atomic E-state index is -0.0681. The summed E-state index contributed by atoms with van der Waals surface area (Å²) in [6.45, 7) is 4.31. The molecular weight excluding hydrogens is 214 g/mol. The Balaban J connectivity index is 2.82. The predicted octanol–water partition coefficient (Wildman–Crippen LogP) is 2.59. The van der Waals surface area contributed by atoms with Crippen molar-refractivity contribution in [3.05, 3.63) is 30.1 Å². The van der Waals surface area contributed by atoms with Gasteiger partial charge in [0.25, 0.3) is 0 Å². The quantitative estimate of drug-likeness (QED) is 0.617. The minimum Gasteiger partial charge on any atom is -0.504 e. The van der Waals surface area contributed by atoms with E-state index in [1.807, 2.05) is 25.4 Å². The Morgan fingerprint density at radius 2 is 1.88 bits per heavy atom. The molecule has 0 fully saturated rings. The number of fused-ring (bicyclic) bond motifs is 1. The van der Waals surface area contributed by atoms with Gasteiger partial charge in [0.05, 0.1) is 5.39 Å². The first-order valence-corrected chi connectivity index (χ1v) is 5.89. The van der Waals surface area contributed by atoms with Gasteiger partial charge in [-0.15, -0.1) is 0 Å². The van der Waals surface area contributed by atoms with Crippen molar-refractivity contribution in [1.82, 2.24) is 0 Å². The zero-order valence-electron chi connectivity index (χ0n) is 10.4. The Morgan fingerprint density at radius 1 is 1.18 bits per heavy atom. The summed E-state index contributed by atoms with van der Waals surface area (Å²) < 4.78 is 2.08. The molecule has 1 unspecified atom stereocenters. The van der Waals surface area contributed by atoms with E-state index in [4.69, 9.17) is 0 Å². The van der Waals surface area contributed by atoms with Gasteiger partial charge in [0.15, 0.2) is 23.4 Å². The van der Waals surface area contributed by atoms with E-state index < -0.39 is 0 Å². The first kappa shape index (κ1) is 11.7. The Bertz CT molecular complexity index is 564. The molecule has 0 bridgehead atoms. The van der Waals surface area contributed by atoms with Crippen molar-refractivity contribution in [2.45, 2.75) is 26.2 Å². The normalized spacial score (nSPS) is 12.9. The Labute approximate surface area is 101 Å².